The molecule has 2 N–H and O–H groups in total. The lowest BCUT2D eigenvalue weighted by atomic mass is 10.2. The standard InChI is InChI=1S/C13H19N5OS/c1-9(2)7-14-8-10-5-4-6-15-11(10)20-13-17-16-12(19)18(13)3/h4-6,9,14H,7-8H2,1-3H3,(H,16,19). The van der Waals surface area contributed by atoms with Crippen LogP contribution in [0.25, 0.3) is 0 Å². The number of rotatable bonds is 6. The summed E-state index contributed by atoms with van der Waals surface area (Å²) in [6.07, 6.45) is 1.75. The molecule has 0 aliphatic rings. The van der Waals surface area contributed by atoms with Gasteiger partial charge in [0.2, 0.25) is 0 Å². The van der Waals surface area contributed by atoms with Crippen LogP contribution in [0.2, 0.25) is 0 Å². The van der Waals surface area contributed by atoms with E-state index < -0.39 is 0 Å². The van der Waals surface area contributed by atoms with Gasteiger partial charge in [0.1, 0.15) is 5.03 Å². The molecule has 2 aromatic heterocycles. The highest BCUT2D eigenvalue weighted by Gasteiger charge is 2.10. The Bertz CT molecular complexity index is 619. The molecule has 0 bridgehead atoms. The second kappa shape index (κ2) is 6.71. The van der Waals surface area contributed by atoms with E-state index in [2.05, 4.69) is 34.3 Å². The van der Waals surface area contributed by atoms with Gasteiger partial charge < -0.3 is 5.32 Å². The van der Waals surface area contributed by atoms with Crippen molar-refractivity contribution in [2.75, 3.05) is 6.54 Å². The lowest BCUT2D eigenvalue weighted by molar-refractivity contribution is 0.548. The minimum atomic E-state index is -0.220. The SMILES string of the molecule is CC(C)CNCc1cccnc1Sc1n[nH]c(=O)n1C. The second-order valence-corrected chi connectivity index (χ2v) is 5.92. The topological polar surface area (TPSA) is 75.6 Å². The van der Waals surface area contributed by atoms with Gasteiger partial charge in [-0.2, -0.15) is 0 Å². The third-order valence-electron chi connectivity index (χ3n) is 2.74. The fourth-order valence-electron chi connectivity index (χ4n) is 1.66. The lowest BCUT2D eigenvalue weighted by Gasteiger charge is -2.10. The van der Waals surface area contributed by atoms with Crippen LogP contribution in [0, 0.1) is 5.92 Å². The number of H-pyrrole nitrogens is 1. The summed E-state index contributed by atoms with van der Waals surface area (Å²) in [6.45, 7) is 6.06. The molecule has 0 atom stereocenters. The third kappa shape index (κ3) is 3.71. The zero-order chi connectivity index (χ0) is 14.5. The number of hydrogen-bond donors (Lipinski definition) is 2. The molecule has 2 heterocycles. The van der Waals surface area contributed by atoms with Crippen LogP contribution in [-0.4, -0.2) is 26.3 Å². The highest BCUT2D eigenvalue weighted by Crippen LogP contribution is 2.25. The first-order valence-corrected chi connectivity index (χ1v) is 7.33. The predicted octanol–water partition coefficient (Wildman–Crippen LogP) is 1.40. The zero-order valence-electron chi connectivity index (χ0n) is 11.9. The average Bonchev–Trinajstić information content (AvgIpc) is 2.72. The molecule has 0 unspecified atom stereocenters. The maximum atomic E-state index is 11.4. The molecule has 0 spiro atoms. The maximum Gasteiger partial charge on any atom is 0.343 e. The summed E-state index contributed by atoms with van der Waals surface area (Å²) in [7, 11) is 1.69. The minimum absolute atomic E-state index is 0.220. The molecule has 2 aromatic rings. The third-order valence-corrected chi connectivity index (χ3v) is 3.85. The van der Waals surface area contributed by atoms with Gasteiger partial charge in [-0.25, -0.2) is 14.9 Å². The van der Waals surface area contributed by atoms with Crippen molar-refractivity contribution in [3.63, 3.8) is 0 Å². The minimum Gasteiger partial charge on any atom is -0.312 e. The van der Waals surface area contributed by atoms with Crippen LogP contribution in [0.1, 0.15) is 19.4 Å². The molecular formula is C13H19N5OS. The Morgan fingerprint density at radius 1 is 1.50 bits per heavy atom. The Morgan fingerprint density at radius 3 is 2.95 bits per heavy atom. The van der Waals surface area contributed by atoms with E-state index in [4.69, 9.17) is 0 Å². The number of nitrogens with zero attached hydrogens (tertiary/aromatic N) is 3. The predicted molar refractivity (Wildman–Crippen MR) is 78.7 cm³/mol. The summed E-state index contributed by atoms with van der Waals surface area (Å²) in [5, 5.41) is 11.3. The van der Waals surface area contributed by atoms with E-state index >= 15 is 0 Å². The van der Waals surface area contributed by atoms with Crippen molar-refractivity contribution in [3.8, 4) is 0 Å². The molecule has 20 heavy (non-hydrogen) atoms. The van der Waals surface area contributed by atoms with Crippen LogP contribution < -0.4 is 11.0 Å². The molecule has 6 nitrogen and oxygen atoms in total. The summed E-state index contributed by atoms with van der Waals surface area (Å²) < 4.78 is 1.48. The zero-order valence-corrected chi connectivity index (χ0v) is 12.7. The Balaban J connectivity index is 2.11. The highest BCUT2D eigenvalue weighted by molar-refractivity contribution is 7.99. The first-order valence-electron chi connectivity index (χ1n) is 6.51. The molecule has 0 saturated carbocycles. The van der Waals surface area contributed by atoms with Gasteiger partial charge in [-0.05, 0) is 35.9 Å². The molecule has 0 radical (unpaired) electrons. The molecule has 0 aliphatic carbocycles. The van der Waals surface area contributed by atoms with E-state index in [-0.39, 0.29) is 5.69 Å². The van der Waals surface area contributed by atoms with Gasteiger partial charge in [0.25, 0.3) is 0 Å². The summed E-state index contributed by atoms with van der Waals surface area (Å²) in [5.74, 6) is 0.606. The first-order chi connectivity index (χ1) is 9.58. The molecule has 2 rings (SSSR count). The molecule has 0 aromatic carbocycles. The normalized spacial score (nSPS) is 11.2. The Kier molecular flexibility index (Phi) is 4.97. The molecular weight excluding hydrogens is 274 g/mol. The van der Waals surface area contributed by atoms with Gasteiger partial charge in [0, 0.05) is 19.8 Å². The summed E-state index contributed by atoms with van der Waals surface area (Å²) in [5.41, 5.74) is 0.886. The number of pyridine rings is 1. The van der Waals surface area contributed by atoms with Crippen LogP contribution >= 0.6 is 11.8 Å². The number of aromatic nitrogens is 4. The Labute approximate surface area is 122 Å². The van der Waals surface area contributed by atoms with Gasteiger partial charge in [-0.3, -0.25) is 4.57 Å². The van der Waals surface area contributed by atoms with E-state index in [1.807, 2.05) is 12.1 Å². The second-order valence-electron chi connectivity index (χ2n) is 4.96. The van der Waals surface area contributed by atoms with E-state index in [0.717, 1.165) is 23.7 Å². The van der Waals surface area contributed by atoms with E-state index in [9.17, 15) is 4.79 Å². The Morgan fingerprint density at radius 2 is 2.30 bits per heavy atom. The highest BCUT2D eigenvalue weighted by atomic mass is 32.2. The van der Waals surface area contributed by atoms with Gasteiger partial charge in [0.15, 0.2) is 5.16 Å². The fraction of sp³-hybridized carbons (Fsp3) is 0.462. The van der Waals surface area contributed by atoms with Gasteiger partial charge in [0.05, 0.1) is 0 Å². The number of aromatic amines is 1. The van der Waals surface area contributed by atoms with Crippen molar-refractivity contribution in [1.29, 1.82) is 0 Å². The molecule has 0 saturated heterocycles. The monoisotopic (exact) mass is 293 g/mol. The molecule has 108 valence electrons. The van der Waals surface area contributed by atoms with Crippen molar-refractivity contribution in [1.82, 2.24) is 25.1 Å². The van der Waals surface area contributed by atoms with Crippen molar-refractivity contribution < 1.29 is 0 Å². The van der Waals surface area contributed by atoms with E-state index in [0.29, 0.717) is 11.1 Å². The van der Waals surface area contributed by atoms with Crippen LogP contribution in [0.4, 0.5) is 0 Å². The van der Waals surface area contributed by atoms with Crippen LogP contribution in [-0.2, 0) is 13.6 Å². The van der Waals surface area contributed by atoms with Gasteiger partial charge in [-0.15, -0.1) is 5.10 Å². The van der Waals surface area contributed by atoms with Crippen molar-refractivity contribution in [2.45, 2.75) is 30.6 Å². The molecule has 0 amide bonds. The average molecular weight is 293 g/mol. The largest absolute Gasteiger partial charge is 0.343 e. The number of hydrogen-bond acceptors (Lipinski definition) is 5. The molecule has 7 heteroatoms. The lowest BCUT2D eigenvalue weighted by Crippen LogP contribution is -2.19. The van der Waals surface area contributed by atoms with Crippen molar-refractivity contribution >= 4 is 11.8 Å². The van der Waals surface area contributed by atoms with Gasteiger partial charge in [-0.1, -0.05) is 19.9 Å². The maximum absolute atomic E-state index is 11.4. The van der Waals surface area contributed by atoms with E-state index in [1.165, 1.54) is 16.3 Å². The summed E-state index contributed by atoms with van der Waals surface area (Å²) in [4.78, 5) is 15.7. The summed E-state index contributed by atoms with van der Waals surface area (Å²) >= 11 is 1.39. The van der Waals surface area contributed by atoms with Crippen molar-refractivity contribution in [2.24, 2.45) is 13.0 Å². The number of nitrogens with one attached hydrogen (secondary N) is 2. The molecule has 0 aliphatic heterocycles. The quantitative estimate of drug-likeness (QED) is 0.842. The smallest absolute Gasteiger partial charge is 0.312 e. The van der Waals surface area contributed by atoms with Crippen LogP contribution in [0.3, 0.4) is 0 Å². The van der Waals surface area contributed by atoms with Gasteiger partial charge >= 0.3 is 5.69 Å². The fourth-order valence-corrected chi connectivity index (χ4v) is 2.53. The van der Waals surface area contributed by atoms with Crippen LogP contribution in [0.5, 0.6) is 0 Å². The first kappa shape index (κ1) is 14.8. The Hall–Kier alpha value is -1.60. The summed E-state index contributed by atoms with van der Waals surface area (Å²) in [6, 6.07) is 3.95. The molecule has 0 fully saturated rings. The van der Waals surface area contributed by atoms with Crippen molar-refractivity contribution in [3.05, 3.63) is 34.4 Å². The van der Waals surface area contributed by atoms with E-state index in [1.54, 1.807) is 13.2 Å². The van der Waals surface area contributed by atoms with Crippen LogP contribution in [0.15, 0.2) is 33.3 Å².